The lowest BCUT2D eigenvalue weighted by Gasteiger charge is -2.25. The summed E-state index contributed by atoms with van der Waals surface area (Å²) in [5.74, 6) is 0.373. The number of allylic oxidation sites excluding steroid dienone is 1. The molecule has 5 rings (SSSR count). The Hall–Kier alpha value is -3.65. The summed E-state index contributed by atoms with van der Waals surface area (Å²) in [5.41, 5.74) is 6.24. The number of methoxy groups -OCH3 is 1. The minimum Gasteiger partial charge on any atom is -0.494 e. The first kappa shape index (κ1) is 23.1. The Bertz CT molecular complexity index is 1410. The molecule has 1 aliphatic rings. The molecule has 7 nitrogen and oxygen atoms in total. The Morgan fingerprint density at radius 1 is 1.26 bits per heavy atom. The van der Waals surface area contributed by atoms with Gasteiger partial charge in [0.15, 0.2) is 0 Å². The van der Waals surface area contributed by atoms with E-state index < -0.39 is 0 Å². The first-order chi connectivity index (χ1) is 17.0. The number of aryl methyl sites for hydroxylation is 1. The van der Waals surface area contributed by atoms with E-state index in [1.54, 1.807) is 19.5 Å². The van der Waals surface area contributed by atoms with E-state index in [1.165, 1.54) is 12.1 Å². The number of rotatable bonds is 6. The number of nitrogens with one attached hydrogen (secondary N) is 1. The number of ether oxygens (including phenoxy) is 1. The van der Waals surface area contributed by atoms with Crippen LogP contribution in [0.5, 0.6) is 5.75 Å². The zero-order chi connectivity index (χ0) is 24.5. The third-order valence-corrected chi connectivity index (χ3v) is 6.62. The van der Waals surface area contributed by atoms with Crippen molar-refractivity contribution in [3.8, 4) is 11.4 Å². The Morgan fingerprint density at radius 3 is 2.83 bits per heavy atom. The first-order valence-electron chi connectivity index (χ1n) is 11.5. The molecule has 2 aromatic carbocycles. The van der Waals surface area contributed by atoms with E-state index in [1.807, 2.05) is 53.6 Å². The molecule has 0 bridgehead atoms. The van der Waals surface area contributed by atoms with E-state index in [4.69, 9.17) is 16.3 Å². The van der Waals surface area contributed by atoms with Gasteiger partial charge in [-0.25, -0.2) is 14.1 Å². The Kier molecular flexibility index (Phi) is 6.30. The predicted octanol–water partition coefficient (Wildman–Crippen LogP) is 5.97. The number of benzene rings is 2. The molecule has 1 atom stereocenters. The van der Waals surface area contributed by atoms with Crippen LogP contribution in [0.4, 0.5) is 10.1 Å². The average molecular weight is 493 g/mol. The van der Waals surface area contributed by atoms with Gasteiger partial charge in [-0.3, -0.25) is 0 Å². The van der Waals surface area contributed by atoms with Gasteiger partial charge in [0.1, 0.15) is 17.3 Å². The molecular formula is C26H26ClFN6O. The average Bonchev–Trinajstić information content (AvgIpc) is 3.49. The third kappa shape index (κ3) is 4.41. The van der Waals surface area contributed by atoms with Crippen molar-refractivity contribution in [2.24, 2.45) is 0 Å². The summed E-state index contributed by atoms with van der Waals surface area (Å²) in [6.45, 7) is 3.91. The molecule has 0 radical (unpaired) electrons. The van der Waals surface area contributed by atoms with Crippen LogP contribution in [0.15, 0.2) is 55.0 Å². The maximum atomic E-state index is 13.6. The van der Waals surface area contributed by atoms with Gasteiger partial charge in [-0.2, -0.15) is 0 Å². The van der Waals surface area contributed by atoms with Crippen LogP contribution in [-0.2, 0) is 6.42 Å². The lowest BCUT2D eigenvalue weighted by Crippen LogP contribution is -2.21. The van der Waals surface area contributed by atoms with Crippen molar-refractivity contribution in [2.45, 2.75) is 39.2 Å². The second-order valence-electron chi connectivity index (χ2n) is 8.54. The molecule has 35 heavy (non-hydrogen) atoms. The minimum atomic E-state index is -0.348. The van der Waals surface area contributed by atoms with Gasteiger partial charge < -0.3 is 14.6 Å². The van der Waals surface area contributed by atoms with Crippen molar-refractivity contribution >= 4 is 23.0 Å². The lowest BCUT2D eigenvalue weighted by molar-refractivity contribution is 0.409. The minimum absolute atomic E-state index is 0.0794. The number of fused-ring (bicyclic) bond motifs is 1. The van der Waals surface area contributed by atoms with E-state index in [0.717, 1.165) is 64.7 Å². The summed E-state index contributed by atoms with van der Waals surface area (Å²) in [4.78, 5) is 4.30. The molecule has 0 saturated heterocycles. The lowest BCUT2D eigenvalue weighted by atomic mass is 9.95. The topological polar surface area (TPSA) is 69.8 Å². The van der Waals surface area contributed by atoms with Crippen LogP contribution in [0.2, 0.25) is 5.02 Å². The molecule has 4 aromatic rings. The number of imidazole rings is 1. The van der Waals surface area contributed by atoms with Crippen molar-refractivity contribution in [3.63, 3.8) is 0 Å². The van der Waals surface area contributed by atoms with Crippen LogP contribution in [0.1, 0.15) is 48.5 Å². The zero-order valence-corrected chi connectivity index (χ0v) is 20.6. The Morgan fingerprint density at radius 2 is 2.11 bits per heavy atom. The van der Waals surface area contributed by atoms with Crippen molar-refractivity contribution in [2.75, 3.05) is 12.4 Å². The first-order valence-corrected chi connectivity index (χ1v) is 11.9. The predicted molar refractivity (Wildman–Crippen MR) is 135 cm³/mol. The summed E-state index contributed by atoms with van der Waals surface area (Å²) >= 11 is 6.38. The van der Waals surface area contributed by atoms with E-state index >= 15 is 0 Å². The van der Waals surface area contributed by atoms with Gasteiger partial charge in [-0.15, -0.1) is 5.10 Å². The van der Waals surface area contributed by atoms with Crippen LogP contribution in [0.3, 0.4) is 0 Å². The highest BCUT2D eigenvalue weighted by atomic mass is 35.5. The molecule has 0 saturated carbocycles. The quantitative estimate of drug-likeness (QED) is 0.359. The highest BCUT2D eigenvalue weighted by Gasteiger charge is 2.28. The second kappa shape index (κ2) is 9.54. The van der Waals surface area contributed by atoms with Crippen molar-refractivity contribution in [1.29, 1.82) is 0 Å². The Balaban J connectivity index is 1.44. The van der Waals surface area contributed by atoms with Crippen molar-refractivity contribution < 1.29 is 9.13 Å². The monoisotopic (exact) mass is 492 g/mol. The van der Waals surface area contributed by atoms with Crippen LogP contribution in [0.25, 0.3) is 11.4 Å². The molecule has 9 heteroatoms. The standard InChI is InChI=1S/C26H26ClFN6O/c1-4-21(30-18-9-11-23(25(13-18)35-3)33-14-16(2)29-15-33)26-24-7-5-6-22(34(24)32-31-26)19-10-8-17(28)12-20(19)27/h4,8-15,22,30H,5-7H2,1-3H3. The zero-order valence-electron chi connectivity index (χ0n) is 19.8. The number of halogens is 2. The van der Waals surface area contributed by atoms with E-state index in [-0.39, 0.29) is 11.9 Å². The van der Waals surface area contributed by atoms with E-state index in [9.17, 15) is 4.39 Å². The van der Waals surface area contributed by atoms with Crippen LogP contribution < -0.4 is 10.1 Å². The SMILES string of the molecule is CC=C(Nc1ccc(-n2cnc(C)c2)c(OC)c1)c1nnn2c1CCCC2c1ccc(F)cc1Cl. The van der Waals surface area contributed by atoms with Gasteiger partial charge in [0, 0.05) is 23.0 Å². The molecule has 1 aliphatic heterocycles. The fraction of sp³-hybridized carbons (Fsp3) is 0.269. The molecule has 0 amide bonds. The molecule has 0 aliphatic carbocycles. The summed E-state index contributed by atoms with van der Waals surface area (Å²) < 4.78 is 23.1. The number of nitrogens with zero attached hydrogens (tertiary/aromatic N) is 5. The molecule has 1 N–H and O–H groups in total. The summed E-state index contributed by atoms with van der Waals surface area (Å²) in [5, 5.41) is 12.9. The number of anilines is 1. The molecule has 3 heterocycles. The fourth-order valence-corrected chi connectivity index (χ4v) is 4.89. The molecule has 0 fully saturated rings. The van der Waals surface area contributed by atoms with E-state index in [0.29, 0.717) is 5.02 Å². The highest BCUT2D eigenvalue weighted by molar-refractivity contribution is 6.31. The van der Waals surface area contributed by atoms with Crippen molar-refractivity contribution in [1.82, 2.24) is 24.5 Å². The third-order valence-electron chi connectivity index (χ3n) is 6.29. The largest absolute Gasteiger partial charge is 0.494 e. The molecule has 180 valence electrons. The van der Waals surface area contributed by atoms with Crippen LogP contribution >= 0.6 is 11.6 Å². The molecule has 0 spiro atoms. The normalized spacial score (nSPS) is 15.7. The molecular weight excluding hydrogens is 467 g/mol. The number of aromatic nitrogens is 5. The number of hydrogen-bond donors (Lipinski definition) is 1. The van der Waals surface area contributed by atoms with Gasteiger partial charge in [0.05, 0.1) is 42.3 Å². The van der Waals surface area contributed by atoms with Gasteiger partial charge in [0.2, 0.25) is 0 Å². The van der Waals surface area contributed by atoms with Gasteiger partial charge >= 0.3 is 0 Å². The molecule has 2 aromatic heterocycles. The van der Waals surface area contributed by atoms with Crippen LogP contribution in [0, 0.1) is 12.7 Å². The van der Waals surface area contributed by atoms with Crippen molar-refractivity contribution in [3.05, 3.63) is 88.5 Å². The maximum absolute atomic E-state index is 13.6. The van der Waals surface area contributed by atoms with Gasteiger partial charge in [-0.1, -0.05) is 29.0 Å². The summed E-state index contributed by atoms with van der Waals surface area (Å²) in [6.07, 6.45) is 8.38. The Labute approximate surface area is 208 Å². The smallest absolute Gasteiger partial charge is 0.144 e. The summed E-state index contributed by atoms with van der Waals surface area (Å²) in [6, 6.07) is 10.4. The van der Waals surface area contributed by atoms with E-state index in [2.05, 4.69) is 20.6 Å². The van der Waals surface area contributed by atoms with Gasteiger partial charge in [0.25, 0.3) is 0 Å². The maximum Gasteiger partial charge on any atom is 0.144 e. The van der Waals surface area contributed by atoms with Crippen LogP contribution in [-0.4, -0.2) is 31.7 Å². The highest BCUT2D eigenvalue weighted by Crippen LogP contribution is 2.36. The summed E-state index contributed by atoms with van der Waals surface area (Å²) in [7, 11) is 1.65. The fourth-order valence-electron chi connectivity index (χ4n) is 4.60. The second-order valence-corrected chi connectivity index (χ2v) is 8.95. The number of hydrogen-bond acceptors (Lipinski definition) is 5. The van der Waals surface area contributed by atoms with Gasteiger partial charge in [-0.05, 0) is 62.9 Å². The molecule has 1 unspecified atom stereocenters.